The van der Waals surface area contributed by atoms with Crippen LogP contribution in [0, 0.1) is 0 Å². The largest absolute Gasteiger partial charge is 0.390 e. The molecule has 0 bridgehead atoms. The van der Waals surface area contributed by atoms with E-state index in [2.05, 4.69) is 15.1 Å². The molecule has 0 unspecified atom stereocenters. The predicted molar refractivity (Wildman–Crippen MR) is 50.5 cm³/mol. The molecule has 0 aliphatic rings. The topological polar surface area (TPSA) is 80.9 Å². The van der Waals surface area contributed by atoms with Crippen LogP contribution in [-0.4, -0.2) is 31.1 Å². The minimum Gasteiger partial charge on any atom is -0.390 e. The molecule has 2 aromatic rings. The lowest BCUT2D eigenvalue weighted by Gasteiger charge is -1.95. The van der Waals surface area contributed by atoms with Crippen LogP contribution in [0.3, 0.4) is 0 Å². The molecule has 0 aliphatic heterocycles. The second-order valence-corrected chi connectivity index (χ2v) is 2.80. The maximum absolute atomic E-state index is 10.6. The summed E-state index contributed by atoms with van der Waals surface area (Å²) < 4.78 is 1.36. The number of carbonyl (C=O) groups is 1. The fourth-order valence-electron chi connectivity index (χ4n) is 1.16. The summed E-state index contributed by atoms with van der Waals surface area (Å²) in [4.78, 5) is 18.6. The summed E-state index contributed by atoms with van der Waals surface area (Å²) in [6.45, 7) is -0.284. The van der Waals surface area contributed by atoms with Crippen molar-refractivity contribution >= 4 is 6.29 Å². The third-order valence-corrected chi connectivity index (χ3v) is 1.86. The number of aliphatic hydroxyl groups excluding tert-OH is 1. The molecule has 0 amide bonds. The molecule has 2 heterocycles. The van der Waals surface area contributed by atoms with E-state index in [1.165, 1.54) is 10.9 Å². The van der Waals surface area contributed by atoms with Gasteiger partial charge in [0.15, 0.2) is 6.29 Å². The van der Waals surface area contributed by atoms with Crippen molar-refractivity contribution in [2.75, 3.05) is 0 Å². The molecule has 15 heavy (non-hydrogen) atoms. The minimum atomic E-state index is -0.284. The maximum atomic E-state index is 10.6. The first-order valence-corrected chi connectivity index (χ1v) is 4.27. The van der Waals surface area contributed by atoms with E-state index in [0.29, 0.717) is 23.5 Å². The Balaban J connectivity index is 2.46. The Bertz CT molecular complexity index is 466. The number of rotatable bonds is 3. The van der Waals surface area contributed by atoms with Crippen molar-refractivity contribution < 1.29 is 9.90 Å². The van der Waals surface area contributed by atoms with E-state index in [0.717, 1.165) is 0 Å². The molecule has 0 aromatic carbocycles. The number of hydrogen-bond acceptors (Lipinski definition) is 5. The molecule has 0 spiro atoms. The number of aldehydes is 1. The lowest BCUT2D eigenvalue weighted by molar-refractivity contribution is 0.112. The van der Waals surface area contributed by atoms with Gasteiger partial charge >= 0.3 is 0 Å². The van der Waals surface area contributed by atoms with Crippen LogP contribution in [0.15, 0.2) is 24.7 Å². The van der Waals surface area contributed by atoms with E-state index in [-0.39, 0.29) is 6.61 Å². The summed E-state index contributed by atoms with van der Waals surface area (Å²) in [5, 5.41) is 12.9. The predicted octanol–water partition coefficient (Wildman–Crippen LogP) is -0.0329. The standard InChI is InChI=1S/C9H8N4O2/c14-5-7-4-13(12-8(7)6-15)9-10-2-1-3-11-9/h1-5,15H,6H2. The molecule has 2 rings (SSSR count). The second-order valence-electron chi connectivity index (χ2n) is 2.80. The fraction of sp³-hybridized carbons (Fsp3) is 0.111. The average Bonchev–Trinajstić information content (AvgIpc) is 2.73. The number of carbonyl (C=O) groups excluding carboxylic acids is 1. The SMILES string of the molecule is O=Cc1cn(-c2ncccn2)nc1CO. The summed E-state index contributed by atoms with van der Waals surface area (Å²) in [7, 11) is 0. The molecule has 0 aliphatic carbocycles. The zero-order valence-corrected chi connectivity index (χ0v) is 7.74. The van der Waals surface area contributed by atoms with E-state index >= 15 is 0 Å². The molecule has 0 saturated carbocycles. The van der Waals surface area contributed by atoms with Crippen molar-refractivity contribution in [3.63, 3.8) is 0 Å². The number of aliphatic hydroxyl groups is 1. The van der Waals surface area contributed by atoms with Crippen LogP contribution in [-0.2, 0) is 6.61 Å². The first-order chi connectivity index (χ1) is 7.35. The van der Waals surface area contributed by atoms with Gasteiger partial charge in [-0.3, -0.25) is 4.79 Å². The highest BCUT2D eigenvalue weighted by Crippen LogP contribution is 2.06. The van der Waals surface area contributed by atoms with Crippen molar-refractivity contribution in [1.29, 1.82) is 0 Å². The van der Waals surface area contributed by atoms with Crippen molar-refractivity contribution in [3.8, 4) is 5.95 Å². The van der Waals surface area contributed by atoms with Gasteiger partial charge in [-0.15, -0.1) is 0 Å². The first kappa shape index (κ1) is 9.47. The van der Waals surface area contributed by atoms with Gasteiger partial charge in [0, 0.05) is 18.6 Å². The van der Waals surface area contributed by atoms with Gasteiger partial charge in [0.25, 0.3) is 0 Å². The molecular formula is C9H8N4O2. The monoisotopic (exact) mass is 204 g/mol. The summed E-state index contributed by atoms with van der Waals surface area (Å²) >= 11 is 0. The third-order valence-electron chi connectivity index (χ3n) is 1.86. The molecule has 2 aromatic heterocycles. The number of nitrogens with zero attached hydrogens (tertiary/aromatic N) is 4. The lowest BCUT2D eigenvalue weighted by atomic mass is 10.3. The van der Waals surface area contributed by atoms with Gasteiger partial charge in [-0.05, 0) is 6.07 Å². The molecular weight excluding hydrogens is 196 g/mol. The van der Waals surface area contributed by atoms with Crippen LogP contribution in [0.4, 0.5) is 0 Å². The Morgan fingerprint density at radius 1 is 1.40 bits per heavy atom. The van der Waals surface area contributed by atoms with Crippen molar-refractivity contribution in [2.45, 2.75) is 6.61 Å². The van der Waals surface area contributed by atoms with Gasteiger partial charge in [-0.25, -0.2) is 14.6 Å². The lowest BCUT2D eigenvalue weighted by Crippen LogP contribution is -2.01. The Morgan fingerprint density at radius 3 is 2.67 bits per heavy atom. The summed E-state index contributed by atoms with van der Waals surface area (Å²) in [6, 6.07) is 1.68. The molecule has 1 N–H and O–H groups in total. The maximum Gasteiger partial charge on any atom is 0.250 e. The highest BCUT2D eigenvalue weighted by Gasteiger charge is 2.09. The zero-order chi connectivity index (χ0) is 10.7. The van der Waals surface area contributed by atoms with Gasteiger partial charge in [-0.1, -0.05) is 0 Å². The van der Waals surface area contributed by atoms with Crippen molar-refractivity contribution in [2.24, 2.45) is 0 Å². The fourth-order valence-corrected chi connectivity index (χ4v) is 1.16. The molecule has 0 radical (unpaired) electrons. The third kappa shape index (κ3) is 1.75. The molecule has 6 nitrogen and oxygen atoms in total. The van der Waals surface area contributed by atoms with Crippen molar-refractivity contribution in [3.05, 3.63) is 35.9 Å². The number of hydrogen-bond donors (Lipinski definition) is 1. The van der Waals surface area contributed by atoms with E-state index in [1.54, 1.807) is 18.5 Å². The molecule has 0 fully saturated rings. The van der Waals surface area contributed by atoms with Crippen LogP contribution in [0.25, 0.3) is 5.95 Å². The van der Waals surface area contributed by atoms with Crippen LogP contribution in [0.2, 0.25) is 0 Å². The highest BCUT2D eigenvalue weighted by molar-refractivity contribution is 5.76. The Kier molecular flexibility index (Phi) is 2.51. The smallest absolute Gasteiger partial charge is 0.250 e. The quantitative estimate of drug-likeness (QED) is 0.710. The minimum absolute atomic E-state index is 0.284. The van der Waals surface area contributed by atoms with Crippen LogP contribution in [0.1, 0.15) is 16.1 Å². The van der Waals surface area contributed by atoms with Crippen LogP contribution < -0.4 is 0 Å². The van der Waals surface area contributed by atoms with Gasteiger partial charge < -0.3 is 5.11 Å². The summed E-state index contributed by atoms with van der Waals surface area (Å²) in [6.07, 6.45) is 5.26. The van der Waals surface area contributed by atoms with E-state index < -0.39 is 0 Å². The summed E-state index contributed by atoms with van der Waals surface area (Å²) in [5.41, 5.74) is 0.655. The number of aromatic nitrogens is 4. The molecule has 6 heteroatoms. The zero-order valence-electron chi connectivity index (χ0n) is 7.74. The van der Waals surface area contributed by atoms with Gasteiger partial charge in [0.05, 0.1) is 17.9 Å². The van der Waals surface area contributed by atoms with E-state index in [9.17, 15) is 4.79 Å². The van der Waals surface area contributed by atoms with Gasteiger partial charge in [-0.2, -0.15) is 5.10 Å². The van der Waals surface area contributed by atoms with E-state index in [4.69, 9.17) is 5.11 Å². The first-order valence-electron chi connectivity index (χ1n) is 4.27. The second kappa shape index (κ2) is 3.97. The van der Waals surface area contributed by atoms with Crippen LogP contribution in [0.5, 0.6) is 0 Å². The Hall–Kier alpha value is -2.08. The van der Waals surface area contributed by atoms with E-state index in [1.807, 2.05) is 0 Å². The molecule has 0 saturated heterocycles. The Labute approximate surface area is 85.2 Å². The highest BCUT2D eigenvalue weighted by atomic mass is 16.3. The average molecular weight is 204 g/mol. The molecule has 0 atom stereocenters. The Morgan fingerprint density at radius 2 is 2.13 bits per heavy atom. The van der Waals surface area contributed by atoms with Crippen molar-refractivity contribution in [1.82, 2.24) is 19.7 Å². The normalized spacial score (nSPS) is 10.2. The van der Waals surface area contributed by atoms with Crippen LogP contribution >= 0.6 is 0 Å². The molecule has 76 valence electrons. The van der Waals surface area contributed by atoms with Gasteiger partial charge in [0.1, 0.15) is 0 Å². The summed E-state index contributed by atoms with van der Waals surface area (Å²) in [5.74, 6) is 0.361. The van der Waals surface area contributed by atoms with Gasteiger partial charge in [0.2, 0.25) is 5.95 Å².